The molecule has 0 bridgehead atoms. The first-order valence-corrected chi connectivity index (χ1v) is 5.24. The molecule has 4 heteroatoms. The minimum absolute atomic E-state index is 0.0322. The normalized spacial score (nSPS) is 13.2. The highest BCUT2D eigenvalue weighted by molar-refractivity contribution is 5.16. The first kappa shape index (κ1) is 12.1. The van der Waals surface area contributed by atoms with Crippen LogP contribution in [0.2, 0.25) is 0 Å². The van der Waals surface area contributed by atoms with Crippen molar-refractivity contribution in [2.24, 2.45) is 5.73 Å². The Balaban J connectivity index is 3.07. The molecule has 0 aliphatic heterocycles. The molecule has 1 atom stereocenters. The summed E-state index contributed by atoms with van der Waals surface area (Å²) in [6.07, 6.45) is 0. The van der Waals surface area contributed by atoms with E-state index in [1.54, 1.807) is 0 Å². The van der Waals surface area contributed by atoms with Crippen LogP contribution in [0.5, 0.6) is 0 Å². The van der Waals surface area contributed by atoms with Gasteiger partial charge >= 0.3 is 0 Å². The second kappa shape index (κ2) is 5.19. The molecule has 0 aliphatic rings. The Kier molecular flexibility index (Phi) is 4.17. The summed E-state index contributed by atoms with van der Waals surface area (Å²) in [5, 5.41) is 9.16. The summed E-state index contributed by atoms with van der Waals surface area (Å²) in [5.74, 6) is 1.03. The number of rotatable bonds is 4. The first-order chi connectivity index (χ1) is 7.08. The SMILES string of the molecule is Cc1cc(C(CN)CO)nc(C(C)C)n1. The van der Waals surface area contributed by atoms with Crippen molar-refractivity contribution in [2.75, 3.05) is 13.2 Å². The fourth-order valence-electron chi connectivity index (χ4n) is 1.37. The maximum atomic E-state index is 9.16. The monoisotopic (exact) mass is 209 g/mol. The predicted molar refractivity (Wildman–Crippen MR) is 59.7 cm³/mol. The summed E-state index contributed by atoms with van der Waals surface area (Å²) in [6, 6.07) is 1.89. The minimum atomic E-state index is -0.0794. The van der Waals surface area contributed by atoms with Crippen molar-refractivity contribution in [3.63, 3.8) is 0 Å². The van der Waals surface area contributed by atoms with Gasteiger partial charge in [0.15, 0.2) is 0 Å². The van der Waals surface area contributed by atoms with Crippen LogP contribution < -0.4 is 5.73 Å². The molecule has 0 saturated carbocycles. The van der Waals surface area contributed by atoms with Crippen molar-refractivity contribution in [1.82, 2.24) is 9.97 Å². The topological polar surface area (TPSA) is 72.0 Å². The fourth-order valence-corrected chi connectivity index (χ4v) is 1.37. The molecule has 0 radical (unpaired) electrons. The van der Waals surface area contributed by atoms with Crippen molar-refractivity contribution in [1.29, 1.82) is 0 Å². The number of aliphatic hydroxyl groups is 1. The van der Waals surface area contributed by atoms with Crippen molar-refractivity contribution in [3.8, 4) is 0 Å². The zero-order valence-electron chi connectivity index (χ0n) is 9.57. The largest absolute Gasteiger partial charge is 0.396 e. The van der Waals surface area contributed by atoms with Gasteiger partial charge in [-0.1, -0.05) is 13.8 Å². The molecule has 0 aliphatic carbocycles. The molecule has 0 spiro atoms. The molecule has 1 aromatic rings. The average Bonchev–Trinajstić information content (AvgIpc) is 2.18. The van der Waals surface area contributed by atoms with Gasteiger partial charge in [-0.3, -0.25) is 0 Å². The molecule has 84 valence electrons. The van der Waals surface area contributed by atoms with Crippen LogP contribution in [0.3, 0.4) is 0 Å². The quantitative estimate of drug-likeness (QED) is 0.774. The number of aromatic nitrogens is 2. The zero-order chi connectivity index (χ0) is 11.4. The van der Waals surface area contributed by atoms with Crippen molar-refractivity contribution in [3.05, 3.63) is 23.3 Å². The maximum absolute atomic E-state index is 9.16. The third-order valence-electron chi connectivity index (χ3n) is 2.33. The smallest absolute Gasteiger partial charge is 0.131 e. The number of aryl methyl sites for hydroxylation is 1. The molecule has 1 rings (SSSR count). The summed E-state index contributed by atoms with van der Waals surface area (Å²) in [5.41, 5.74) is 7.34. The fraction of sp³-hybridized carbons (Fsp3) is 0.636. The van der Waals surface area contributed by atoms with Gasteiger partial charge in [-0.05, 0) is 13.0 Å². The van der Waals surface area contributed by atoms with Crippen LogP contribution in [-0.2, 0) is 0 Å². The summed E-state index contributed by atoms with van der Waals surface area (Å²) in [7, 11) is 0. The van der Waals surface area contributed by atoms with Crippen LogP contribution in [0.15, 0.2) is 6.07 Å². The highest BCUT2D eigenvalue weighted by Gasteiger charge is 2.13. The highest BCUT2D eigenvalue weighted by atomic mass is 16.3. The lowest BCUT2D eigenvalue weighted by molar-refractivity contribution is 0.265. The second-order valence-corrected chi connectivity index (χ2v) is 4.06. The summed E-state index contributed by atoms with van der Waals surface area (Å²) >= 11 is 0. The van der Waals surface area contributed by atoms with Gasteiger partial charge in [0.2, 0.25) is 0 Å². The molecule has 1 heterocycles. The molecule has 0 saturated heterocycles. The van der Waals surface area contributed by atoms with E-state index in [4.69, 9.17) is 10.8 Å². The van der Waals surface area contributed by atoms with E-state index in [1.807, 2.05) is 13.0 Å². The van der Waals surface area contributed by atoms with E-state index in [2.05, 4.69) is 23.8 Å². The first-order valence-electron chi connectivity index (χ1n) is 5.24. The molecule has 1 aromatic heterocycles. The maximum Gasteiger partial charge on any atom is 0.131 e. The number of nitrogens with zero attached hydrogens (tertiary/aromatic N) is 2. The van der Waals surface area contributed by atoms with Crippen LogP contribution in [0, 0.1) is 6.92 Å². The molecular formula is C11H19N3O. The van der Waals surface area contributed by atoms with Gasteiger partial charge in [0.25, 0.3) is 0 Å². The second-order valence-electron chi connectivity index (χ2n) is 4.06. The summed E-state index contributed by atoms with van der Waals surface area (Å²) in [4.78, 5) is 8.77. The van der Waals surface area contributed by atoms with Crippen LogP contribution in [0.25, 0.3) is 0 Å². The lowest BCUT2D eigenvalue weighted by atomic mass is 10.1. The Morgan fingerprint density at radius 3 is 2.53 bits per heavy atom. The van der Waals surface area contributed by atoms with Crippen molar-refractivity contribution in [2.45, 2.75) is 32.6 Å². The van der Waals surface area contributed by atoms with Gasteiger partial charge in [0, 0.05) is 24.1 Å². The minimum Gasteiger partial charge on any atom is -0.396 e. The van der Waals surface area contributed by atoms with Crippen LogP contribution in [-0.4, -0.2) is 28.2 Å². The third kappa shape index (κ3) is 2.97. The Morgan fingerprint density at radius 2 is 2.07 bits per heavy atom. The van der Waals surface area contributed by atoms with Gasteiger partial charge in [-0.15, -0.1) is 0 Å². The summed E-state index contributed by atoms with van der Waals surface area (Å²) < 4.78 is 0. The van der Waals surface area contributed by atoms with Gasteiger partial charge in [0.1, 0.15) is 5.82 Å². The Labute approximate surface area is 90.6 Å². The van der Waals surface area contributed by atoms with E-state index < -0.39 is 0 Å². The molecule has 0 fully saturated rings. The van der Waals surface area contributed by atoms with Crippen molar-refractivity contribution >= 4 is 0 Å². The molecule has 1 unspecified atom stereocenters. The Morgan fingerprint density at radius 1 is 1.40 bits per heavy atom. The van der Waals surface area contributed by atoms with Gasteiger partial charge in [-0.25, -0.2) is 9.97 Å². The number of hydrogen-bond donors (Lipinski definition) is 2. The standard InChI is InChI=1S/C11H19N3O/c1-7(2)11-13-8(3)4-10(14-11)9(5-12)6-15/h4,7,9,15H,5-6,12H2,1-3H3. The van der Waals surface area contributed by atoms with Gasteiger partial charge < -0.3 is 10.8 Å². The molecule has 4 nitrogen and oxygen atoms in total. The van der Waals surface area contributed by atoms with Crippen molar-refractivity contribution < 1.29 is 5.11 Å². The van der Waals surface area contributed by atoms with Gasteiger partial charge in [0.05, 0.1) is 12.3 Å². The van der Waals surface area contributed by atoms with E-state index >= 15 is 0 Å². The molecular weight excluding hydrogens is 190 g/mol. The molecule has 15 heavy (non-hydrogen) atoms. The van der Waals surface area contributed by atoms with Crippen LogP contribution >= 0.6 is 0 Å². The molecule has 0 aromatic carbocycles. The Bertz CT molecular complexity index is 322. The van der Waals surface area contributed by atoms with E-state index in [1.165, 1.54) is 0 Å². The average molecular weight is 209 g/mol. The highest BCUT2D eigenvalue weighted by Crippen LogP contribution is 2.16. The van der Waals surface area contributed by atoms with Crippen LogP contribution in [0.1, 0.15) is 42.9 Å². The molecule has 0 amide bonds. The number of hydrogen-bond acceptors (Lipinski definition) is 4. The van der Waals surface area contributed by atoms with E-state index in [-0.39, 0.29) is 12.5 Å². The lowest BCUT2D eigenvalue weighted by Gasteiger charge is -2.14. The van der Waals surface area contributed by atoms with E-state index in [0.717, 1.165) is 17.2 Å². The van der Waals surface area contributed by atoms with Crippen LogP contribution in [0.4, 0.5) is 0 Å². The number of aliphatic hydroxyl groups excluding tert-OH is 1. The third-order valence-corrected chi connectivity index (χ3v) is 2.33. The zero-order valence-corrected chi connectivity index (χ0v) is 9.57. The Hall–Kier alpha value is -1.00. The van der Waals surface area contributed by atoms with E-state index in [9.17, 15) is 0 Å². The number of nitrogens with two attached hydrogens (primary N) is 1. The predicted octanol–water partition coefficient (Wildman–Crippen LogP) is 0.943. The lowest BCUT2D eigenvalue weighted by Crippen LogP contribution is -2.18. The van der Waals surface area contributed by atoms with Gasteiger partial charge in [-0.2, -0.15) is 0 Å². The van der Waals surface area contributed by atoms with E-state index in [0.29, 0.717) is 12.5 Å². The molecule has 3 N–H and O–H groups in total. The summed E-state index contributed by atoms with van der Waals surface area (Å²) in [6.45, 7) is 6.47.